The third-order valence-corrected chi connectivity index (χ3v) is 8.67. The fourth-order valence-electron chi connectivity index (χ4n) is 5.99. The van der Waals surface area contributed by atoms with Gasteiger partial charge in [-0.15, -0.1) is 0 Å². The molecule has 0 aromatic carbocycles. The first-order chi connectivity index (χ1) is 22.3. The molecule has 276 valence electrons. The van der Waals surface area contributed by atoms with Crippen molar-refractivity contribution in [3.8, 4) is 0 Å². The van der Waals surface area contributed by atoms with E-state index in [4.69, 9.17) is 42.6 Å². The second-order valence-corrected chi connectivity index (χ2v) is 11.6. The summed E-state index contributed by atoms with van der Waals surface area (Å²) in [6.45, 7) is -2.83. The molecule has 4 aliphatic rings. The number of aliphatic hydroxyl groups excluding tert-OH is 12. The van der Waals surface area contributed by atoms with Gasteiger partial charge in [-0.25, -0.2) is 0 Å². The van der Waals surface area contributed by atoms with Gasteiger partial charge in [-0.1, -0.05) is 0 Å². The molecular formula is C26H46O21. The maximum Gasteiger partial charge on any atom is 0.187 e. The summed E-state index contributed by atoms with van der Waals surface area (Å²) < 4.78 is 49.2. The van der Waals surface area contributed by atoms with Gasteiger partial charge in [-0.2, -0.15) is 0 Å². The number of hydrogen-bond acceptors (Lipinski definition) is 21. The molecule has 0 aliphatic carbocycles. The average Bonchev–Trinajstić information content (AvgIpc) is 3.06. The molecule has 0 aromatic rings. The van der Waals surface area contributed by atoms with E-state index in [0.717, 1.165) is 0 Å². The molecular weight excluding hydrogens is 648 g/mol. The number of hydrogen-bond donors (Lipinski definition) is 12. The zero-order chi connectivity index (χ0) is 34.7. The Balaban J connectivity index is 1.57. The molecule has 20 atom stereocenters. The first-order valence-corrected chi connectivity index (χ1v) is 14.9. The smallest absolute Gasteiger partial charge is 0.187 e. The third kappa shape index (κ3) is 8.06. The van der Waals surface area contributed by atoms with Crippen LogP contribution in [0.25, 0.3) is 0 Å². The fraction of sp³-hybridized carbons (Fsp3) is 1.00. The molecule has 47 heavy (non-hydrogen) atoms. The highest BCUT2D eigenvalue weighted by Crippen LogP contribution is 2.33. The molecule has 0 aromatic heterocycles. The molecule has 4 aliphatic heterocycles. The Labute approximate surface area is 267 Å². The molecule has 21 nitrogen and oxygen atoms in total. The summed E-state index contributed by atoms with van der Waals surface area (Å²) in [5, 5.41) is 124. The zero-order valence-corrected chi connectivity index (χ0v) is 25.4. The maximum absolute atomic E-state index is 11.2. The summed E-state index contributed by atoms with van der Waals surface area (Å²) in [5.74, 6) is 0. The predicted molar refractivity (Wildman–Crippen MR) is 143 cm³/mol. The lowest BCUT2D eigenvalue weighted by atomic mass is 9.96. The van der Waals surface area contributed by atoms with Gasteiger partial charge >= 0.3 is 0 Å². The zero-order valence-electron chi connectivity index (χ0n) is 25.4. The Morgan fingerprint density at radius 1 is 0.426 bits per heavy atom. The van der Waals surface area contributed by atoms with Gasteiger partial charge < -0.3 is 104 Å². The molecule has 4 saturated heterocycles. The first kappa shape index (κ1) is 39.0. The Hall–Kier alpha value is -0.840. The van der Waals surface area contributed by atoms with Gasteiger partial charge in [-0.05, 0) is 0 Å². The van der Waals surface area contributed by atoms with Crippen LogP contribution in [-0.4, -0.2) is 225 Å². The van der Waals surface area contributed by atoms with Crippen molar-refractivity contribution >= 4 is 0 Å². The van der Waals surface area contributed by atoms with E-state index in [9.17, 15) is 61.3 Å². The van der Waals surface area contributed by atoms with Crippen molar-refractivity contribution in [3.63, 3.8) is 0 Å². The third-order valence-electron chi connectivity index (χ3n) is 8.67. The Bertz CT molecular complexity index is 944. The molecule has 4 fully saturated rings. The molecule has 12 N–H and O–H groups in total. The lowest BCUT2D eigenvalue weighted by Crippen LogP contribution is -2.67. The molecule has 0 amide bonds. The van der Waals surface area contributed by atoms with Crippen LogP contribution in [0.5, 0.6) is 0 Å². The van der Waals surface area contributed by atoms with Crippen molar-refractivity contribution in [3.05, 3.63) is 0 Å². The van der Waals surface area contributed by atoms with Gasteiger partial charge in [-0.3, -0.25) is 0 Å². The van der Waals surface area contributed by atoms with Crippen LogP contribution < -0.4 is 0 Å². The van der Waals surface area contributed by atoms with Gasteiger partial charge in [0.25, 0.3) is 0 Å². The summed E-state index contributed by atoms with van der Waals surface area (Å²) in [5.41, 5.74) is 0. The van der Waals surface area contributed by atoms with Crippen molar-refractivity contribution in [2.45, 2.75) is 123 Å². The Morgan fingerprint density at radius 2 is 0.787 bits per heavy atom. The Kier molecular flexibility index (Phi) is 14.0. The van der Waals surface area contributed by atoms with E-state index in [1.165, 1.54) is 14.2 Å². The largest absolute Gasteiger partial charge is 0.394 e. The van der Waals surface area contributed by atoms with Crippen LogP contribution in [0.4, 0.5) is 0 Å². The summed E-state index contributed by atoms with van der Waals surface area (Å²) in [6.07, 6.45) is -32.7. The second-order valence-electron chi connectivity index (χ2n) is 11.6. The highest BCUT2D eigenvalue weighted by Gasteiger charge is 2.54. The van der Waals surface area contributed by atoms with Gasteiger partial charge in [0, 0.05) is 14.2 Å². The molecule has 0 radical (unpaired) electrons. The highest BCUT2D eigenvalue weighted by molar-refractivity contribution is 4.97. The van der Waals surface area contributed by atoms with Crippen LogP contribution in [0, 0.1) is 0 Å². The molecule has 0 spiro atoms. The van der Waals surface area contributed by atoms with Crippen LogP contribution >= 0.6 is 0 Å². The van der Waals surface area contributed by atoms with Crippen molar-refractivity contribution in [2.75, 3.05) is 40.6 Å². The van der Waals surface area contributed by atoms with Crippen molar-refractivity contribution in [2.24, 2.45) is 0 Å². The normalized spacial score (nSPS) is 51.2. The van der Waals surface area contributed by atoms with E-state index in [1.54, 1.807) is 0 Å². The lowest BCUT2D eigenvalue weighted by Gasteiger charge is -2.48. The van der Waals surface area contributed by atoms with E-state index in [0.29, 0.717) is 0 Å². The topological polar surface area (TPSA) is 326 Å². The van der Waals surface area contributed by atoms with Gasteiger partial charge in [0.15, 0.2) is 25.2 Å². The fourth-order valence-corrected chi connectivity index (χ4v) is 5.99. The SMILES string of the molecule is CO[C@H]1C(CO)O[C@@H](O[C@@H]2C(CO[C@H]3OC(CO)[C@H](OC)[C@H](O)C3O)O[C@@H](O[C@@H]3C(CO)O[C@@H](O)[C@@H](O)C3O)[C@@H](O)C2O)[C@@H](O)C1O. The average molecular weight is 695 g/mol. The maximum atomic E-state index is 11.2. The van der Waals surface area contributed by atoms with Crippen molar-refractivity contribution < 1.29 is 104 Å². The van der Waals surface area contributed by atoms with E-state index < -0.39 is 149 Å². The number of rotatable bonds is 12. The second kappa shape index (κ2) is 16.9. The van der Waals surface area contributed by atoms with E-state index >= 15 is 0 Å². The van der Waals surface area contributed by atoms with Crippen molar-refractivity contribution in [1.82, 2.24) is 0 Å². The number of ether oxygens (including phenoxy) is 9. The van der Waals surface area contributed by atoms with E-state index in [-0.39, 0.29) is 0 Å². The monoisotopic (exact) mass is 694 g/mol. The molecule has 4 rings (SSSR count). The van der Waals surface area contributed by atoms with Crippen LogP contribution in [-0.2, 0) is 42.6 Å². The van der Waals surface area contributed by atoms with E-state index in [1.807, 2.05) is 0 Å². The molecule has 21 heteroatoms. The minimum absolute atomic E-state index is 0.638. The minimum Gasteiger partial charge on any atom is -0.394 e. The summed E-state index contributed by atoms with van der Waals surface area (Å²) in [6, 6.07) is 0. The molecule has 0 saturated carbocycles. The van der Waals surface area contributed by atoms with Crippen LogP contribution in [0.3, 0.4) is 0 Å². The molecule has 4 heterocycles. The highest BCUT2D eigenvalue weighted by atomic mass is 16.8. The number of aliphatic hydroxyl groups is 12. The van der Waals surface area contributed by atoms with Gasteiger partial charge in [0.05, 0.1) is 26.4 Å². The predicted octanol–water partition coefficient (Wildman–Crippen LogP) is -8.44. The lowest BCUT2D eigenvalue weighted by molar-refractivity contribution is -0.383. The van der Waals surface area contributed by atoms with Crippen LogP contribution in [0.2, 0.25) is 0 Å². The summed E-state index contributed by atoms with van der Waals surface area (Å²) >= 11 is 0. The minimum atomic E-state index is -2.02. The first-order valence-electron chi connectivity index (χ1n) is 14.9. The van der Waals surface area contributed by atoms with Gasteiger partial charge in [0.1, 0.15) is 97.7 Å². The van der Waals surface area contributed by atoms with Crippen LogP contribution in [0.1, 0.15) is 0 Å². The number of methoxy groups -OCH3 is 2. The molecule has 0 bridgehead atoms. The summed E-state index contributed by atoms with van der Waals surface area (Å²) in [7, 11) is 2.43. The standard InChI is InChI=1S/C26H46O21/c1-39-19-7(3-27)43-24(16(35)12(19)31)41-6-10-22(47-25-17(36)13(32)20(40-2)8(4-28)44-25)14(33)18(37)26(45-10)46-21-9(5-29)42-23(38)15(34)11(21)30/h7-38H,3-6H2,1-2H3/t7?,8?,9?,10?,11?,12-,13?,14?,15+,16?,17+,18+,19+,20+,21-,22-,23-,24+,25+,26+/m1/s1. The Morgan fingerprint density at radius 3 is 1.26 bits per heavy atom. The quantitative estimate of drug-likeness (QED) is 0.0902. The van der Waals surface area contributed by atoms with Crippen molar-refractivity contribution in [1.29, 1.82) is 0 Å². The van der Waals surface area contributed by atoms with Gasteiger partial charge in [0.2, 0.25) is 0 Å². The summed E-state index contributed by atoms with van der Waals surface area (Å²) in [4.78, 5) is 0. The van der Waals surface area contributed by atoms with Crippen LogP contribution in [0.15, 0.2) is 0 Å². The van der Waals surface area contributed by atoms with E-state index in [2.05, 4.69) is 0 Å². The molecule has 8 unspecified atom stereocenters.